The van der Waals surface area contributed by atoms with Crippen molar-refractivity contribution in [2.75, 3.05) is 0 Å². The van der Waals surface area contributed by atoms with Gasteiger partial charge in [-0.05, 0) is 118 Å². The molecule has 0 radical (unpaired) electrons. The second-order valence-electron chi connectivity index (χ2n) is 13.0. The van der Waals surface area contributed by atoms with Crippen molar-refractivity contribution in [1.29, 1.82) is 0 Å². The lowest BCUT2D eigenvalue weighted by molar-refractivity contribution is -0.0957. The quantitative estimate of drug-likeness (QED) is 0.364. The van der Waals surface area contributed by atoms with E-state index in [9.17, 15) is 5.11 Å². The van der Waals surface area contributed by atoms with Crippen molar-refractivity contribution in [3.05, 3.63) is 22.8 Å². The van der Waals surface area contributed by atoms with E-state index in [4.69, 9.17) is 0 Å². The van der Waals surface area contributed by atoms with Gasteiger partial charge in [-0.1, -0.05) is 57.4 Å². The van der Waals surface area contributed by atoms with Crippen molar-refractivity contribution in [2.45, 2.75) is 125 Å². The molecule has 4 aliphatic rings. The SMILES string of the molecule is CC(C)=CCCC[C@H]1CC[C@@]2(C)C3=C(CC[C@]12C)[C@@]1(C)CC[C@H](O)C(C)(C)[C@@H]1CC3. The Morgan fingerprint density at radius 3 is 2.37 bits per heavy atom. The maximum absolute atomic E-state index is 10.8. The summed E-state index contributed by atoms with van der Waals surface area (Å²) in [4.78, 5) is 0. The van der Waals surface area contributed by atoms with Crippen LogP contribution in [0, 0.1) is 33.5 Å². The van der Waals surface area contributed by atoms with Crippen LogP contribution in [0.15, 0.2) is 22.8 Å². The van der Waals surface area contributed by atoms with Gasteiger partial charge in [-0.25, -0.2) is 0 Å². The van der Waals surface area contributed by atoms with Gasteiger partial charge in [0.15, 0.2) is 0 Å². The van der Waals surface area contributed by atoms with Crippen molar-refractivity contribution in [3.63, 3.8) is 0 Å². The number of rotatable bonds is 4. The first-order valence-corrected chi connectivity index (χ1v) is 13.0. The molecule has 0 amide bonds. The molecule has 1 nitrogen and oxygen atoms in total. The number of aliphatic hydroxyl groups is 1. The van der Waals surface area contributed by atoms with Gasteiger partial charge >= 0.3 is 0 Å². The molecule has 30 heavy (non-hydrogen) atoms. The fraction of sp³-hybridized carbons (Fsp3) is 0.862. The Bertz CT molecular complexity index is 737. The average molecular weight is 413 g/mol. The van der Waals surface area contributed by atoms with Crippen molar-refractivity contribution < 1.29 is 5.11 Å². The third kappa shape index (κ3) is 3.12. The van der Waals surface area contributed by atoms with E-state index in [1.165, 1.54) is 69.8 Å². The number of aliphatic hydroxyl groups excluding tert-OH is 1. The minimum absolute atomic E-state index is 0.0519. The van der Waals surface area contributed by atoms with Crippen LogP contribution in [0.4, 0.5) is 0 Å². The molecular weight excluding hydrogens is 364 g/mol. The van der Waals surface area contributed by atoms with Gasteiger partial charge in [-0.3, -0.25) is 0 Å². The Hall–Kier alpha value is -0.560. The Morgan fingerprint density at radius 1 is 0.933 bits per heavy atom. The van der Waals surface area contributed by atoms with Gasteiger partial charge in [0.05, 0.1) is 6.10 Å². The third-order valence-electron chi connectivity index (χ3n) is 11.2. The predicted octanol–water partition coefficient (Wildman–Crippen LogP) is 8.23. The Morgan fingerprint density at radius 2 is 1.67 bits per heavy atom. The minimum atomic E-state index is -0.126. The zero-order valence-corrected chi connectivity index (χ0v) is 21.0. The van der Waals surface area contributed by atoms with Crippen molar-refractivity contribution in [3.8, 4) is 0 Å². The lowest BCUT2D eigenvalue weighted by Crippen LogP contribution is -2.54. The van der Waals surface area contributed by atoms with Crippen LogP contribution < -0.4 is 0 Å². The summed E-state index contributed by atoms with van der Waals surface area (Å²) in [6.07, 6.45) is 16.7. The van der Waals surface area contributed by atoms with Gasteiger partial charge in [0.1, 0.15) is 0 Å². The van der Waals surface area contributed by atoms with Gasteiger partial charge in [0.25, 0.3) is 0 Å². The maximum Gasteiger partial charge on any atom is 0.0594 e. The molecule has 170 valence electrons. The van der Waals surface area contributed by atoms with Gasteiger partial charge in [-0.15, -0.1) is 0 Å². The summed E-state index contributed by atoms with van der Waals surface area (Å²) in [5.74, 6) is 1.54. The molecule has 0 saturated heterocycles. The molecule has 0 spiro atoms. The summed E-state index contributed by atoms with van der Waals surface area (Å²) in [5, 5.41) is 10.8. The van der Waals surface area contributed by atoms with Crippen LogP contribution in [-0.4, -0.2) is 11.2 Å². The second-order valence-corrected chi connectivity index (χ2v) is 13.0. The predicted molar refractivity (Wildman–Crippen MR) is 128 cm³/mol. The molecule has 4 rings (SSSR count). The number of allylic oxidation sites excluding steroid dienone is 4. The lowest BCUT2D eigenvalue weighted by atomic mass is 9.43. The molecule has 6 atom stereocenters. The highest BCUT2D eigenvalue weighted by Crippen LogP contribution is 2.72. The van der Waals surface area contributed by atoms with E-state index in [0.717, 1.165) is 12.3 Å². The fourth-order valence-electron chi connectivity index (χ4n) is 9.01. The first-order chi connectivity index (χ1) is 14.0. The van der Waals surface area contributed by atoms with E-state index in [2.05, 4.69) is 54.5 Å². The number of hydrogen-bond donors (Lipinski definition) is 1. The van der Waals surface area contributed by atoms with E-state index < -0.39 is 0 Å². The summed E-state index contributed by atoms with van der Waals surface area (Å²) >= 11 is 0. The van der Waals surface area contributed by atoms with E-state index in [1.54, 1.807) is 0 Å². The number of fused-ring (bicyclic) bond motifs is 4. The first kappa shape index (κ1) is 22.6. The van der Waals surface area contributed by atoms with Gasteiger partial charge in [0, 0.05) is 0 Å². The lowest BCUT2D eigenvalue weighted by Gasteiger charge is -2.62. The molecule has 4 aliphatic carbocycles. The van der Waals surface area contributed by atoms with Crippen LogP contribution in [0.25, 0.3) is 0 Å². The van der Waals surface area contributed by atoms with E-state index in [0.29, 0.717) is 22.2 Å². The zero-order chi connectivity index (χ0) is 21.9. The third-order valence-corrected chi connectivity index (χ3v) is 11.2. The molecule has 0 bridgehead atoms. The maximum atomic E-state index is 10.8. The Kier molecular flexibility index (Phi) is 5.66. The number of unbranched alkanes of at least 4 members (excludes halogenated alkanes) is 1. The summed E-state index contributed by atoms with van der Waals surface area (Å²) in [6, 6.07) is 0. The Labute approximate surface area is 186 Å². The van der Waals surface area contributed by atoms with Crippen LogP contribution in [0.5, 0.6) is 0 Å². The highest BCUT2D eigenvalue weighted by Gasteiger charge is 2.62. The molecule has 0 aromatic carbocycles. The molecule has 0 unspecified atom stereocenters. The van der Waals surface area contributed by atoms with Gasteiger partial charge < -0.3 is 5.11 Å². The molecule has 0 aromatic heterocycles. The molecule has 1 heteroatoms. The minimum Gasteiger partial charge on any atom is -0.393 e. The van der Waals surface area contributed by atoms with E-state index in [-0.39, 0.29) is 11.5 Å². The zero-order valence-electron chi connectivity index (χ0n) is 21.0. The standard InChI is InChI=1S/C29H48O/c1-20(2)10-8-9-11-21-14-18-29(7)23-12-13-24-26(3,4)25(30)16-17-27(24,5)22(23)15-19-28(21,29)6/h10,21,24-25,30H,8-9,11-19H2,1-7H3/t21-,24-,25-,27+,28+,29-/m0/s1. The molecule has 0 aromatic rings. The molecule has 2 fully saturated rings. The van der Waals surface area contributed by atoms with Crippen LogP contribution >= 0.6 is 0 Å². The monoisotopic (exact) mass is 412 g/mol. The molecule has 1 N–H and O–H groups in total. The highest BCUT2D eigenvalue weighted by molar-refractivity contribution is 5.38. The number of hydrogen-bond acceptors (Lipinski definition) is 1. The fourth-order valence-corrected chi connectivity index (χ4v) is 9.01. The summed E-state index contributed by atoms with van der Waals surface area (Å²) in [7, 11) is 0. The smallest absolute Gasteiger partial charge is 0.0594 e. The van der Waals surface area contributed by atoms with Gasteiger partial charge in [-0.2, -0.15) is 0 Å². The first-order valence-electron chi connectivity index (χ1n) is 13.0. The van der Waals surface area contributed by atoms with Crippen LogP contribution in [0.3, 0.4) is 0 Å². The van der Waals surface area contributed by atoms with E-state index in [1.807, 2.05) is 11.1 Å². The molecular formula is C29H48O. The summed E-state index contributed by atoms with van der Waals surface area (Å²) in [6.45, 7) is 17.0. The summed E-state index contributed by atoms with van der Waals surface area (Å²) in [5.41, 5.74) is 6.48. The normalized spacial score (nSPS) is 44.9. The highest BCUT2D eigenvalue weighted by atomic mass is 16.3. The second kappa shape index (κ2) is 7.50. The van der Waals surface area contributed by atoms with Gasteiger partial charge in [0.2, 0.25) is 0 Å². The van der Waals surface area contributed by atoms with Crippen LogP contribution in [0.1, 0.15) is 119 Å². The summed E-state index contributed by atoms with van der Waals surface area (Å²) < 4.78 is 0. The molecule has 2 saturated carbocycles. The van der Waals surface area contributed by atoms with Crippen LogP contribution in [-0.2, 0) is 0 Å². The molecule has 0 heterocycles. The van der Waals surface area contributed by atoms with Crippen molar-refractivity contribution in [1.82, 2.24) is 0 Å². The Balaban J connectivity index is 1.62. The molecule has 0 aliphatic heterocycles. The van der Waals surface area contributed by atoms with E-state index >= 15 is 0 Å². The largest absolute Gasteiger partial charge is 0.393 e. The van der Waals surface area contributed by atoms with Crippen molar-refractivity contribution in [2.24, 2.45) is 33.5 Å². The topological polar surface area (TPSA) is 20.2 Å². The van der Waals surface area contributed by atoms with Crippen molar-refractivity contribution >= 4 is 0 Å². The average Bonchev–Trinajstić information content (AvgIpc) is 2.94. The van der Waals surface area contributed by atoms with Crippen LogP contribution in [0.2, 0.25) is 0 Å².